The number of rotatable bonds is 5. The van der Waals surface area contributed by atoms with Gasteiger partial charge in [0.1, 0.15) is 6.10 Å². The van der Waals surface area contributed by atoms with Gasteiger partial charge in [0, 0.05) is 19.3 Å². The summed E-state index contributed by atoms with van der Waals surface area (Å²) in [4.78, 5) is 2.36. The molecule has 3 rings (SSSR count). The van der Waals surface area contributed by atoms with Crippen molar-refractivity contribution in [1.82, 2.24) is 4.90 Å². The number of hydrogen-bond acceptors (Lipinski definition) is 3. The van der Waals surface area contributed by atoms with Crippen molar-refractivity contribution in [3.63, 3.8) is 0 Å². The lowest BCUT2D eigenvalue weighted by molar-refractivity contribution is 0.00847. The molecular formula is C17H19NO2S. The first-order chi connectivity index (χ1) is 10.2. The largest absolute Gasteiger partial charge is 0.287 e. The van der Waals surface area contributed by atoms with E-state index in [2.05, 4.69) is 53.4 Å². The van der Waals surface area contributed by atoms with Crippen molar-refractivity contribution in [2.24, 2.45) is 0 Å². The van der Waals surface area contributed by atoms with Gasteiger partial charge in [-0.25, -0.2) is 4.21 Å². The molecule has 0 saturated carbocycles. The monoisotopic (exact) mass is 301 g/mol. The maximum atomic E-state index is 11.1. The van der Waals surface area contributed by atoms with Crippen LogP contribution >= 0.6 is 0 Å². The Balaban J connectivity index is 1.80. The molecule has 2 aromatic rings. The maximum Gasteiger partial charge on any atom is 0.152 e. The van der Waals surface area contributed by atoms with Gasteiger partial charge in [-0.1, -0.05) is 60.7 Å². The predicted molar refractivity (Wildman–Crippen MR) is 85.2 cm³/mol. The minimum absolute atomic E-state index is 0.0748. The Morgan fingerprint density at radius 3 is 1.90 bits per heavy atom. The van der Waals surface area contributed by atoms with Crippen LogP contribution < -0.4 is 0 Å². The molecule has 1 atom stereocenters. The Morgan fingerprint density at radius 1 is 1.00 bits per heavy atom. The number of nitrogens with zero attached hydrogens (tertiary/aromatic N) is 1. The van der Waals surface area contributed by atoms with Crippen LogP contribution in [0.3, 0.4) is 0 Å². The Morgan fingerprint density at radius 2 is 1.48 bits per heavy atom. The first-order valence-electron chi connectivity index (χ1n) is 7.08. The molecule has 1 fully saturated rings. The summed E-state index contributed by atoms with van der Waals surface area (Å²) in [5.41, 5.74) is 2.56. The molecule has 0 radical (unpaired) electrons. The second-order valence-corrected chi connectivity index (χ2v) is 6.29. The first kappa shape index (κ1) is 14.4. The van der Waals surface area contributed by atoms with E-state index in [9.17, 15) is 4.21 Å². The van der Waals surface area contributed by atoms with Crippen LogP contribution in [0.2, 0.25) is 0 Å². The van der Waals surface area contributed by atoms with Gasteiger partial charge in [0.15, 0.2) is 11.1 Å². The molecule has 21 heavy (non-hydrogen) atoms. The van der Waals surface area contributed by atoms with Crippen LogP contribution in [0.5, 0.6) is 0 Å². The fourth-order valence-corrected chi connectivity index (χ4v) is 3.32. The van der Waals surface area contributed by atoms with Gasteiger partial charge in [0.25, 0.3) is 0 Å². The molecule has 4 heteroatoms. The van der Waals surface area contributed by atoms with Gasteiger partial charge >= 0.3 is 0 Å². The zero-order valence-electron chi connectivity index (χ0n) is 12.0. The highest BCUT2D eigenvalue weighted by Gasteiger charge is 2.35. The van der Waals surface area contributed by atoms with E-state index in [0.29, 0.717) is 0 Å². The summed E-state index contributed by atoms with van der Waals surface area (Å²) in [6, 6.07) is 21.2. The van der Waals surface area contributed by atoms with Crippen LogP contribution in [0.1, 0.15) is 17.2 Å². The van der Waals surface area contributed by atoms with Gasteiger partial charge in [-0.05, 0) is 11.1 Å². The highest BCUT2D eigenvalue weighted by atomic mass is 32.2. The Bertz CT molecular complexity index is 557. The molecule has 1 saturated heterocycles. The van der Waals surface area contributed by atoms with Gasteiger partial charge in [-0.3, -0.25) is 9.08 Å². The van der Waals surface area contributed by atoms with E-state index < -0.39 is 11.1 Å². The minimum Gasteiger partial charge on any atom is -0.287 e. The van der Waals surface area contributed by atoms with Crippen LogP contribution in [-0.2, 0) is 15.3 Å². The standard InChI is InChI=1S/C17H19NO2S/c1-21(19)20-16-12-18(13-16)17(14-8-4-2-5-9-14)15-10-6-3-7-11-15/h2-11,16-17H,12-13H2,1H3. The lowest BCUT2D eigenvalue weighted by Gasteiger charge is -2.43. The van der Waals surface area contributed by atoms with E-state index in [-0.39, 0.29) is 12.1 Å². The molecule has 0 spiro atoms. The normalized spacial score (nSPS) is 17.6. The second-order valence-electron chi connectivity index (χ2n) is 5.30. The fraction of sp³-hybridized carbons (Fsp3) is 0.294. The average molecular weight is 301 g/mol. The van der Waals surface area contributed by atoms with E-state index >= 15 is 0 Å². The summed E-state index contributed by atoms with van der Waals surface area (Å²) in [5, 5.41) is 0. The van der Waals surface area contributed by atoms with Gasteiger partial charge in [-0.15, -0.1) is 0 Å². The number of hydrogen-bond donors (Lipinski definition) is 0. The topological polar surface area (TPSA) is 29.5 Å². The van der Waals surface area contributed by atoms with Crippen molar-refractivity contribution in [2.45, 2.75) is 12.1 Å². The van der Waals surface area contributed by atoms with E-state index in [1.54, 1.807) is 6.26 Å². The van der Waals surface area contributed by atoms with Crippen molar-refractivity contribution in [1.29, 1.82) is 0 Å². The lowest BCUT2D eigenvalue weighted by Crippen LogP contribution is -2.53. The van der Waals surface area contributed by atoms with Crippen LogP contribution in [0.15, 0.2) is 60.7 Å². The SMILES string of the molecule is CS(=O)OC1CN(C(c2ccccc2)c2ccccc2)C1. The van der Waals surface area contributed by atoms with Crippen molar-refractivity contribution >= 4 is 11.1 Å². The minimum atomic E-state index is -1.19. The van der Waals surface area contributed by atoms with Gasteiger partial charge < -0.3 is 0 Å². The molecule has 0 aromatic heterocycles. The molecule has 0 N–H and O–H groups in total. The molecule has 3 nitrogen and oxygen atoms in total. The van der Waals surface area contributed by atoms with Crippen molar-refractivity contribution in [3.05, 3.63) is 71.8 Å². The van der Waals surface area contributed by atoms with Gasteiger partial charge in [-0.2, -0.15) is 0 Å². The van der Waals surface area contributed by atoms with Crippen LogP contribution in [-0.4, -0.2) is 34.6 Å². The van der Waals surface area contributed by atoms with E-state index in [0.717, 1.165) is 13.1 Å². The molecule has 0 amide bonds. The van der Waals surface area contributed by atoms with E-state index in [1.165, 1.54) is 11.1 Å². The maximum absolute atomic E-state index is 11.1. The van der Waals surface area contributed by atoms with Crippen molar-refractivity contribution < 1.29 is 8.39 Å². The Kier molecular flexibility index (Phi) is 4.48. The summed E-state index contributed by atoms with van der Waals surface area (Å²) in [7, 11) is 0. The smallest absolute Gasteiger partial charge is 0.152 e. The van der Waals surface area contributed by atoms with Crippen molar-refractivity contribution in [2.75, 3.05) is 19.3 Å². The highest BCUT2D eigenvalue weighted by Crippen LogP contribution is 2.32. The number of likely N-dealkylation sites (tertiary alicyclic amines) is 1. The molecule has 0 bridgehead atoms. The molecule has 110 valence electrons. The molecule has 1 heterocycles. The van der Waals surface area contributed by atoms with Gasteiger partial charge in [0.2, 0.25) is 0 Å². The van der Waals surface area contributed by atoms with Crippen molar-refractivity contribution in [3.8, 4) is 0 Å². The highest BCUT2D eigenvalue weighted by molar-refractivity contribution is 7.79. The average Bonchev–Trinajstić information content (AvgIpc) is 2.47. The Hall–Kier alpha value is -1.49. The molecular weight excluding hydrogens is 282 g/mol. The summed E-state index contributed by atoms with van der Waals surface area (Å²) in [6.07, 6.45) is 1.65. The van der Waals surface area contributed by atoms with Gasteiger partial charge in [0.05, 0.1) is 6.04 Å². The molecule has 2 aromatic carbocycles. The third kappa shape index (κ3) is 3.40. The second kappa shape index (κ2) is 6.52. The fourth-order valence-electron chi connectivity index (χ4n) is 2.82. The third-order valence-corrected chi connectivity index (χ3v) is 4.29. The number of benzene rings is 2. The van der Waals surface area contributed by atoms with Crippen LogP contribution in [0.25, 0.3) is 0 Å². The summed E-state index contributed by atoms with van der Waals surface area (Å²) >= 11 is -1.19. The van der Waals surface area contributed by atoms with E-state index in [1.807, 2.05) is 12.1 Å². The summed E-state index contributed by atoms with van der Waals surface area (Å²) < 4.78 is 16.5. The van der Waals surface area contributed by atoms with E-state index in [4.69, 9.17) is 4.18 Å². The Labute approximate surface area is 128 Å². The summed E-state index contributed by atoms with van der Waals surface area (Å²) in [5.74, 6) is 0. The summed E-state index contributed by atoms with van der Waals surface area (Å²) in [6.45, 7) is 1.63. The lowest BCUT2D eigenvalue weighted by atomic mass is 9.94. The van der Waals surface area contributed by atoms with Crippen LogP contribution in [0.4, 0.5) is 0 Å². The molecule has 1 aliphatic heterocycles. The molecule has 0 aliphatic carbocycles. The molecule has 1 unspecified atom stereocenters. The zero-order valence-corrected chi connectivity index (χ0v) is 12.8. The zero-order chi connectivity index (χ0) is 14.7. The predicted octanol–water partition coefficient (Wildman–Crippen LogP) is 2.77. The van der Waals surface area contributed by atoms with Crippen LogP contribution in [0, 0.1) is 0 Å². The third-order valence-electron chi connectivity index (χ3n) is 3.74. The quantitative estimate of drug-likeness (QED) is 0.850. The molecule has 1 aliphatic rings. The first-order valence-corrected chi connectivity index (χ1v) is 8.57.